The Balaban J connectivity index is 2.36. The first-order valence-corrected chi connectivity index (χ1v) is 7.74. The topological polar surface area (TPSA) is 37.4 Å². The Bertz CT molecular complexity index is 472. The van der Waals surface area contributed by atoms with Crippen molar-refractivity contribution in [1.29, 1.82) is 0 Å². The van der Waals surface area contributed by atoms with Crippen LogP contribution in [0.3, 0.4) is 0 Å². The van der Waals surface area contributed by atoms with Crippen LogP contribution in [0.4, 0.5) is 0 Å². The molecule has 0 N–H and O–H groups in total. The van der Waals surface area contributed by atoms with Crippen LogP contribution >= 0.6 is 0 Å². The minimum atomic E-state index is -0.254. The lowest BCUT2D eigenvalue weighted by Crippen LogP contribution is -2.42. The van der Waals surface area contributed by atoms with Crippen LogP contribution in [0, 0.1) is 23.7 Å². The predicted octanol–water partition coefficient (Wildman–Crippen LogP) is 3.56. The highest BCUT2D eigenvalue weighted by Gasteiger charge is 2.52. The van der Waals surface area contributed by atoms with Crippen molar-refractivity contribution in [3.05, 3.63) is 24.4 Å². The molecule has 0 spiro atoms. The Morgan fingerprint density at radius 3 is 2.10 bits per heavy atom. The van der Waals surface area contributed by atoms with Crippen LogP contribution < -0.4 is 0 Å². The van der Waals surface area contributed by atoms with Gasteiger partial charge < -0.3 is 4.90 Å². The lowest BCUT2D eigenvalue weighted by Gasteiger charge is -2.36. The van der Waals surface area contributed by atoms with E-state index in [1.807, 2.05) is 32.6 Å². The molecule has 0 radical (unpaired) electrons. The zero-order chi connectivity index (χ0) is 16.1. The Hall–Kier alpha value is -1.38. The number of carbonyl (C=O) groups is 2. The SMILES string of the molecule is C=C(C)C1CC2C(=C)N(C(C)(C)C)C(=O)[C@H]2C[C@H]1C(C)=O. The summed E-state index contributed by atoms with van der Waals surface area (Å²) in [7, 11) is 0. The van der Waals surface area contributed by atoms with Gasteiger partial charge in [-0.25, -0.2) is 0 Å². The highest BCUT2D eigenvalue weighted by molar-refractivity contribution is 5.87. The first-order valence-electron chi connectivity index (χ1n) is 7.74. The molecule has 0 aromatic rings. The summed E-state index contributed by atoms with van der Waals surface area (Å²) in [4.78, 5) is 26.6. The highest BCUT2D eigenvalue weighted by atomic mass is 16.2. The van der Waals surface area contributed by atoms with Gasteiger partial charge in [-0.1, -0.05) is 18.7 Å². The fourth-order valence-corrected chi connectivity index (χ4v) is 4.07. The van der Waals surface area contributed by atoms with Gasteiger partial charge in [0, 0.05) is 29.0 Å². The molecule has 1 heterocycles. The van der Waals surface area contributed by atoms with E-state index in [1.54, 1.807) is 6.92 Å². The number of hydrogen-bond acceptors (Lipinski definition) is 2. The Morgan fingerprint density at radius 1 is 1.14 bits per heavy atom. The van der Waals surface area contributed by atoms with Crippen molar-refractivity contribution in [2.24, 2.45) is 23.7 Å². The van der Waals surface area contributed by atoms with Gasteiger partial charge in [0.1, 0.15) is 5.78 Å². The number of carbonyl (C=O) groups excluding carboxylic acids is 2. The summed E-state index contributed by atoms with van der Waals surface area (Å²) in [6.45, 7) is 18.0. The van der Waals surface area contributed by atoms with E-state index in [4.69, 9.17) is 0 Å². The summed E-state index contributed by atoms with van der Waals surface area (Å²) < 4.78 is 0. The number of amides is 1. The summed E-state index contributed by atoms with van der Waals surface area (Å²) in [6, 6.07) is 0. The van der Waals surface area contributed by atoms with E-state index in [0.29, 0.717) is 6.42 Å². The van der Waals surface area contributed by atoms with Crippen LogP contribution in [0.1, 0.15) is 47.5 Å². The maximum absolute atomic E-state index is 12.8. The van der Waals surface area contributed by atoms with Crippen molar-refractivity contribution in [2.45, 2.75) is 53.0 Å². The Kier molecular flexibility index (Phi) is 3.90. The molecule has 0 bridgehead atoms. The second-order valence-corrected chi connectivity index (χ2v) is 7.69. The molecular formula is C18H27NO2. The van der Waals surface area contributed by atoms with Gasteiger partial charge in [0.2, 0.25) is 5.91 Å². The van der Waals surface area contributed by atoms with Crippen molar-refractivity contribution in [3.63, 3.8) is 0 Å². The van der Waals surface area contributed by atoms with Crippen molar-refractivity contribution in [2.75, 3.05) is 0 Å². The molecule has 1 amide bonds. The molecule has 4 atom stereocenters. The zero-order valence-corrected chi connectivity index (χ0v) is 13.9. The monoisotopic (exact) mass is 289 g/mol. The Labute approximate surface area is 128 Å². The number of hydrogen-bond donors (Lipinski definition) is 0. The van der Waals surface area contributed by atoms with E-state index in [9.17, 15) is 9.59 Å². The number of rotatable bonds is 2. The van der Waals surface area contributed by atoms with Crippen molar-refractivity contribution in [1.82, 2.24) is 4.90 Å². The van der Waals surface area contributed by atoms with E-state index in [2.05, 4.69) is 13.2 Å². The van der Waals surface area contributed by atoms with Gasteiger partial charge >= 0.3 is 0 Å². The van der Waals surface area contributed by atoms with Crippen LogP contribution in [0.2, 0.25) is 0 Å². The molecule has 2 aliphatic rings. The van der Waals surface area contributed by atoms with Gasteiger partial charge in [-0.15, -0.1) is 0 Å². The van der Waals surface area contributed by atoms with Crippen LogP contribution in [0.5, 0.6) is 0 Å². The zero-order valence-electron chi connectivity index (χ0n) is 13.9. The van der Waals surface area contributed by atoms with E-state index >= 15 is 0 Å². The van der Waals surface area contributed by atoms with Gasteiger partial charge in [-0.05, 0) is 53.4 Å². The van der Waals surface area contributed by atoms with Gasteiger partial charge in [-0.3, -0.25) is 9.59 Å². The lowest BCUT2D eigenvalue weighted by molar-refractivity contribution is -0.135. The van der Waals surface area contributed by atoms with Gasteiger partial charge in [0.05, 0.1) is 0 Å². The second-order valence-electron chi connectivity index (χ2n) is 7.69. The van der Waals surface area contributed by atoms with Crippen LogP contribution in [0.25, 0.3) is 0 Å². The summed E-state index contributed by atoms with van der Waals surface area (Å²) >= 11 is 0. The van der Waals surface area contributed by atoms with Crippen LogP contribution in [-0.4, -0.2) is 22.1 Å². The maximum atomic E-state index is 12.8. The second kappa shape index (κ2) is 5.11. The Morgan fingerprint density at radius 2 is 1.67 bits per heavy atom. The fourth-order valence-electron chi connectivity index (χ4n) is 4.07. The molecule has 2 unspecified atom stereocenters. The van der Waals surface area contributed by atoms with Crippen LogP contribution in [0.15, 0.2) is 24.4 Å². The molecule has 2 rings (SSSR count). The number of allylic oxidation sites excluding steroid dienone is 2. The number of Topliss-reactive ketones (excluding diaryl/α,β-unsaturated/α-hetero) is 1. The standard InChI is InChI=1S/C18H27NO2/c1-10(2)13-8-14-11(3)19(18(5,6)7)17(21)16(14)9-15(13)12(4)20/h13-16H,1,3,8-9H2,2,4-7H3/t13?,14?,15-,16-/m0/s1. The first kappa shape index (κ1) is 16.0. The molecule has 1 aliphatic heterocycles. The average molecular weight is 289 g/mol. The number of fused-ring (bicyclic) bond motifs is 1. The number of likely N-dealkylation sites (tertiary alicyclic amines) is 1. The predicted molar refractivity (Wildman–Crippen MR) is 84.4 cm³/mol. The molecule has 2 fully saturated rings. The van der Waals surface area contributed by atoms with E-state index < -0.39 is 0 Å². The smallest absolute Gasteiger partial charge is 0.231 e. The molecule has 0 aromatic carbocycles. The third-order valence-corrected chi connectivity index (χ3v) is 5.07. The van der Waals surface area contributed by atoms with E-state index in [1.165, 1.54) is 0 Å². The van der Waals surface area contributed by atoms with Crippen molar-refractivity contribution < 1.29 is 9.59 Å². The third-order valence-electron chi connectivity index (χ3n) is 5.07. The minimum absolute atomic E-state index is 0.0691. The molecule has 1 saturated heterocycles. The van der Waals surface area contributed by atoms with E-state index in [-0.39, 0.29) is 40.9 Å². The largest absolute Gasteiger partial charge is 0.311 e. The lowest BCUT2D eigenvalue weighted by atomic mass is 9.65. The average Bonchev–Trinajstić information content (AvgIpc) is 2.59. The summed E-state index contributed by atoms with van der Waals surface area (Å²) in [5, 5.41) is 0. The first-order chi connectivity index (χ1) is 9.55. The maximum Gasteiger partial charge on any atom is 0.231 e. The normalized spacial score (nSPS) is 33.1. The van der Waals surface area contributed by atoms with Crippen molar-refractivity contribution in [3.8, 4) is 0 Å². The molecule has 3 heteroatoms. The fraction of sp³-hybridized carbons (Fsp3) is 0.667. The molecule has 1 saturated carbocycles. The summed E-state index contributed by atoms with van der Waals surface area (Å²) in [5.41, 5.74) is 1.71. The molecule has 21 heavy (non-hydrogen) atoms. The molecule has 0 aromatic heterocycles. The molecule has 116 valence electrons. The summed E-state index contributed by atoms with van der Waals surface area (Å²) in [6.07, 6.45) is 1.46. The van der Waals surface area contributed by atoms with Crippen molar-refractivity contribution >= 4 is 11.7 Å². The van der Waals surface area contributed by atoms with Gasteiger partial charge in [-0.2, -0.15) is 0 Å². The van der Waals surface area contributed by atoms with Gasteiger partial charge in [0.15, 0.2) is 0 Å². The summed E-state index contributed by atoms with van der Waals surface area (Å²) in [5.74, 6) is 0.502. The molecule has 3 nitrogen and oxygen atoms in total. The van der Waals surface area contributed by atoms with Crippen LogP contribution in [-0.2, 0) is 9.59 Å². The highest BCUT2D eigenvalue weighted by Crippen LogP contribution is 2.50. The van der Waals surface area contributed by atoms with E-state index in [0.717, 1.165) is 17.7 Å². The molecular weight excluding hydrogens is 262 g/mol. The van der Waals surface area contributed by atoms with Gasteiger partial charge in [0.25, 0.3) is 0 Å². The number of ketones is 1. The third kappa shape index (κ3) is 2.58. The number of nitrogens with zero attached hydrogens (tertiary/aromatic N) is 1. The molecule has 1 aliphatic carbocycles. The minimum Gasteiger partial charge on any atom is -0.311 e. The quantitative estimate of drug-likeness (QED) is 0.729.